The maximum Gasteiger partial charge on any atom is 0.277 e. The van der Waals surface area contributed by atoms with E-state index in [0.717, 1.165) is 34.3 Å². The van der Waals surface area contributed by atoms with Crippen LogP contribution in [0.15, 0.2) is 27.5 Å². The van der Waals surface area contributed by atoms with Gasteiger partial charge in [0, 0.05) is 12.6 Å². The third kappa shape index (κ3) is 2.76. The summed E-state index contributed by atoms with van der Waals surface area (Å²) in [5.41, 5.74) is 2.65. The number of hydrogen-bond acceptors (Lipinski definition) is 4. The minimum atomic E-state index is -0.186. The number of aromatic nitrogens is 4. The van der Waals surface area contributed by atoms with Crippen LogP contribution in [-0.4, -0.2) is 26.9 Å². The van der Waals surface area contributed by atoms with Crippen LogP contribution in [0, 0.1) is 0 Å². The maximum atomic E-state index is 12.4. The van der Waals surface area contributed by atoms with Gasteiger partial charge in [0.2, 0.25) is 0 Å². The molecule has 2 heterocycles. The number of ether oxygens (including phenoxy) is 1. The molecule has 7 heteroatoms. The normalized spacial score (nSPS) is 11.1. The van der Waals surface area contributed by atoms with E-state index in [-0.39, 0.29) is 5.56 Å². The Morgan fingerprint density at radius 2 is 2.17 bits per heavy atom. The molecule has 23 heavy (non-hydrogen) atoms. The molecule has 0 bridgehead atoms. The predicted molar refractivity (Wildman–Crippen MR) is 92.8 cm³/mol. The number of H-pyrrole nitrogens is 1. The van der Waals surface area contributed by atoms with Crippen LogP contribution in [0.3, 0.4) is 0 Å². The van der Waals surface area contributed by atoms with E-state index in [4.69, 9.17) is 4.74 Å². The van der Waals surface area contributed by atoms with E-state index in [9.17, 15) is 4.79 Å². The highest BCUT2D eigenvalue weighted by molar-refractivity contribution is 9.10. The van der Waals surface area contributed by atoms with Crippen LogP contribution in [0.25, 0.3) is 22.4 Å². The van der Waals surface area contributed by atoms with E-state index in [1.54, 1.807) is 18.8 Å². The molecule has 120 valence electrons. The van der Waals surface area contributed by atoms with E-state index < -0.39 is 0 Å². The van der Waals surface area contributed by atoms with Gasteiger partial charge in [-0.25, -0.2) is 4.98 Å². The van der Waals surface area contributed by atoms with Gasteiger partial charge in [-0.2, -0.15) is 5.10 Å². The lowest BCUT2D eigenvalue weighted by Gasteiger charge is -2.06. The fraction of sp³-hybridized carbons (Fsp3) is 0.312. The van der Waals surface area contributed by atoms with Gasteiger partial charge >= 0.3 is 0 Å². The van der Waals surface area contributed by atoms with Crippen molar-refractivity contribution >= 4 is 27.0 Å². The highest BCUT2D eigenvalue weighted by Crippen LogP contribution is 2.29. The summed E-state index contributed by atoms with van der Waals surface area (Å²) in [6, 6.07) is 5.57. The molecule has 3 rings (SSSR count). The van der Waals surface area contributed by atoms with Crippen molar-refractivity contribution in [3.05, 3.63) is 38.7 Å². The van der Waals surface area contributed by atoms with Crippen molar-refractivity contribution in [3.8, 4) is 17.1 Å². The van der Waals surface area contributed by atoms with Gasteiger partial charge in [-0.15, -0.1) is 0 Å². The van der Waals surface area contributed by atoms with Crippen molar-refractivity contribution in [1.29, 1.82) is 0 Å². The lowest BCUT2D eigenvalue weighted by Crippen LogP contribution is -2.12. The van der Waals surface area contributed by atoms with E-state index >= 15 is 0 Å². The Hall–Kier alpha value is -2.15. The average Bonchev–Trinajstić information content (AvgIpc) is 2.84. The number of halogens is 1. The third-order valence-electron chi connectivity index (χ3n) is 3.67. The first-order valence-electron chi connectivity index (χ1n) is 7.35. The third-order valence-corrected chi connectivity index (χ3v) is 4.29. The number of methoxy groups -OCH3 is 1. The summed E-state index contributed by atoms with van der Waals surface area (Å²) in [5, 5.41) is 4.42. The minimum Gasteiger partial charge on any atom is -0.496 e. The fourth-order valence-corrected chi connectivity index (χ4v) is 3.14. The van der Waals surface area contributed by atoms with Crippen molar-refractivity contribution in [2.24, 2.45) is 7.05 Å². The highest BCUT2D eigenvalue weighted by Gasteiger charge is 2.15. The zero-order valence-electron chi connectivity index (χ0n) is 13.2. The Labute approximate surface area is 141 Å². The second-order valence-electron chi connectivity index (χ2n) is 5.28. The second kappa shape index (κ2) is 6.16. The van der Waals surface area contributed by atoms with Crippen molar-refractivity contribution in [3.63, 3.8) is 0 Å². The number of aromatic amines is 1. The van der Waals surface area contributed by atoms with Crippen LogP contribution >= 0.6 is 15.9 Å². The Balaban J connectivity index is 2.21. The molecule has 0 amide bonds. The largest absolute Gasteiger partial charge is 0.496 e. The Morgan fingerprint density at radius 3 is 2.83 bits per heavy atom. The van der Waals surface area contributed by atoms with E-state index in [0.29, 0.717) is 16.9 Å². The Morgan fingerprint density at radius 1 is 1.39 bits per heavy atom. The summed E-state index contributed by atoms with van der Waals surface area (Å²) < 4.78 is 7.63. The van der Waals surface area contributed by atoms with Crippen LogP contribution in [0.5, 0.6) is 5.75 Å². The minimum absolute atomic E-state index is 0.186. The van der Waals surface area contributed by atoms with Gasteiger partial charge in [0.05, 0.1) is 17.3 Å². The number of fused-ring (bicyclic) bond motifs is 1. The lowest BCUT2D eigenvalue weighted by atomic mass is 10.2. The van der Waals surface area contributed by atoms with Crippen molar-refractivity contribution in [2.75, 3.05) is 7.11 Å². The van der Waals surface area contributed by atoms with Gasteiger partial charge in [-0.1, -0.05) is 13.3 Å². The second-order valence-corrected chi connectivity index (χ2v) is 6.14. The van der Waals surface area contributed by atoms with Crippen LogP contribution < -0.4 is 10.3 Å². The summed E-state index contributed by atoms with van der Waals surface area (Å²) in [6.07, 6.45) is 1.74. The molecule has 0 radical (unpaired) electrons. The molecule has 1 aromatic carbocycles. The average molecular weight is 377 g/mol. The molecule has 2 aromatic heterocycles. The molecule has 0 aliphatic heterocycles. The molecule has 1 N–H and O–H groups in total. The standard InChI is InChI=1S/C16H17BrN4O2/c1-4-5-11-13-14(21(2)20-11)16(22)19-15(18-13)9-6-7-12(23-3)10(17)8-9/h6-8H,4-5H2,1-3H3,(H,18,19,22). The Kier molecular flexibility index (Phi) is 4.21. The van der Waals surface area contributed by atoms with Crippen LogP contribution in [0.2, 0.25) is 0 Å². The zero-order valence-corrected chi connectivity index (χ0v) is 14.8. The predicted octanol–water partition coefficient (Wildman–Crippen LogP) is 3.05. The van der Waals surface area contributed by atoms with Crippen LogP contribution in [0.1, 0.15) is 19.0 Å². The molecule has 0 fully saturated rings. The number of rotatable bonds is 4. The first kappa shape index (κ1) is 15.7. The molecular weight excluding hydrogens is 360 g/mol. The summed E-state index contributed by atoms with van der Waals surface area (Å²) in [5.74, 6) is 1.25. The summed E-state index contributed by atoms with van der Waals surface area (Å²) in [4.78, 5) is 19.9. The molecule has 0 spiro atoms. The van der Waals surface area contributed by atoms with Gasteiger partial charge in [0.25, 0.3) is 5.56 Å². The number of hydrogen-bond donors (Lipinski definition) is 1. The topological polar surface area (TPSA) is 72.8 Å². The lowest BCUT2D eigenvalue weighted by molar-refractivity contribution is 0.412. The van der Waals surface area contributed by atoms with E-state index in [1.165, 1.54) is 0 Å². The number of nitrogens with one attached hydrogen (secondary N) is 1. The smallest absolute Gasteiger partial charge is 0.277 e. The summed E-state index contributed by atoms with van der Waals surface area (Å²) in [7, 11) is 3.38. The van der Waals surface area contributed by atoms with Crippen molar-refractivity contribution < 1.29 is 4.74 Å². The van der Waals surface area contributed by atoms with Gasteiger partial charge in [-0.05, 0) is 40.5 Å². The molecule has 0 aliphatic carbocycles. The monoisotopic (exact) mass is 376 g/mol. The van der Waals surface area contributed by atoms with Gasteiger partial charge in [-0.3, -0.25) is 9.48 Å². The first-order valence-corrected chi connectivity index (χ1v) is 8.14. The molecule has 0 unspecified atom stereocenters. The number of benzene rings is 1. The fourth-order valence-electron chi connectivity index (χ4n) is 2.60. The zero-order chi connectivity index (χ0) is 16.6. The SMILES string of the molecule is CCCc1nn(C)c2c(=O)[nH]c(-c3ccc(OC)c(Br)c3)nc12. The van der Waals surface area contributed by atoms with Gasteiger partial charge in [0.15, 0.2) is 5.52 Å². The summed E-state index contributed by atoms with van der Waals surface area (Å²) in [6.45, 7) is 2.08. The maximum absolute atomic E-state index is 12.4. The van der Waals surface area contributed by atoms with Crippen molar-refractivity contribution in [1.82, 2.24) is 19.7 Å². The van der Waals surface area contributed by atoms with Crippen molar-refractivity contribution in [2.45, 2.75) is 19.8 Å². The number of nitrogens with zero attached hydrogens (tertiary/aromatic N) is 3. The number of aryl methyl sites for hydroxylation is 2. The quantitative estimate of drug-likeness (QED) is 0.759. The first-order chi connectivity index (χ1) is 11.0. The molecule has 3 aromatic rings. The molecule has 0 atom stereocenters. The highest BCUT2D eigenvalue weighted by atomic mass is 79.9. The molecule has 0 aliphatic rings. The molecular formula is C16H17BrN4O2. The Bertz CT molecular complexity index is 930. The van der Waals surface area contributed by atoms with E-state index in [1.807, 2.05) is 18.2 Å². The molecule has 6 nitrogen and oxygen atoms in total. The van der Waals surface area contributed by atoms with Gasteiger partial charge < -0.3 is 9.72 Å². The van der Waals surface area contributed by atoms with Gasteiger partial charge in [0.1, 0.15) is 17.1 Å². The van der Waals surface area contributed by atoms with E-state index in [2.05, 4.69) is 37.9 Å². The molecule has 0 saturated carbocycles. The molecule has 0 saturated heterocycles. The summed E-state index contributed by atoms with van der Waals surface area (Å²) >= 11 is 3.46. The van der Waals surface area contributed by atoms with Crippen LogP contribution in [-0.2, 0) is 13.5 Å². The van der Waals surface area contributed by atoms with Crippen LogP contribution in [0.4, 0.5) is 0 Å².